The maximum atomic E-state index is 13.3. The highest BCUT2D eigenvalue weighted by Gasteiger charge is 2.23. The van der Waals surface area contributed by atoms with Crippen molar-refractivity contribution in [3.63, 3.8) is 0 Å². The Balaban J connectivity index is 1.48. The third kappa shape index (κ3) is 4.12. The molecule has 0 aliphatic rings. The molecule has 0 saturated carbocycles. The van der Waals surface area contributed by atoms with Crippen LogP contribution in [-0.2, 0) is 0 Å². The topological polar surface area (TPSA) is 77.1 Å². The smallest absolute Gasteiger partial charge is 0.262 e. The summed E-state index contributed by atoms with van der Waals surface area (Å²) in [5, 5.41) is 18.0. The summed E-state index contributed by atoms with van der Waals surface area (Å²) in [6.45, 7) is 1.94. The Bertz CT molecular complexity index is 1460. The fraction of sp³-hybridized carbons (Fsp3) is 0.217. The van der Waals surface area contributed by atoms with Gasteiger partial charge in [0.15, 0.2) is 11.5 Å². The minimum absolute atomic E-state index is 0.139. The van der Waals surface area contributed by atoms with Gasteiger partial charge in [-0.3, -0.25) is 9.20 Å². The van der Waals surface area contributed by atoms with E-state index >= 15 is 0 Å². The second-order valence-electron chi connectivity index (χ2n) is 7.57. The summed E-state index contributed by atoms with van der Waals surface area (Å²) in [5.74, 6) is 1.48. The Morgan fingerprint density at radius 1 is 1.21 bits per heavy atom. The molecule has 0 spiro atoms. The minimum atomic E-state index is -0.256. The number of aromatic nitrogens is 5. The number of aryl methyl sites for hydroxylation is 1. The monoisotopic (exact) mass is 496 g/mol. The molecular weight excluding hydrogens is 476 g/mol. The maximum absolute atomic E-state index is 13.3. The van der Waals surface area contributed by atoms with Crippen LogP contribution in [0.2, 0.25) is 5.02 Å². The first kappa shape index (κ1) is 21.9. The Hall–Kier alpha value is -2.88. The van der Waals surface area contributed by atoms with E-state index in [1.165, 1.54) is 11.3 Å². The number of carbonyl (C=O) groups is 1. The zero-order chi connectivity index (χ0) is 22.9. The predicted octanol–water partition coefficient (Wildman–Crippen LogP) is 5.32. The number of amides is 1. The van der Waals surface area contributed by atoms with Crippen molar-refractivity contribution in [3.05, 3.63) is 76.1 Å². The molecule has 0 unspecified atom stereocenters. The van der Waals surface area contributed by atoms with Crippen LogP contribution in [-0.4, -0.2) is 42.3 Å². The Morgan fingerprint density at radius 3 is 2.85 bits per heavy atom. The van der Waals surface area contributed by atoms with Crippen molar-refractivity contribution in [1.29, 1.82) is 0 Å². The molecule has 4 heterocycles. The minimum Gasteiger partial charge on any atom is -0.341 e. The molecule has 168 valence electrons. The van der Waals surface area contributed by atoms with Gasteiger partial charge in [-0.05, 0) is 55.7 Å². The first-order chi connectivity index (χ1) is 16.1. The van der Waals surface area contributed by atoms with Gasteiger partial charge < -0.3 is 5.32 Å². The highest BCUT2D eigenvalue weighted by molar-refractivity contribution is 7.98. The van der Waals surface area contributed by atoms with Gasteiger partial charge in [-0.15, -0.1) is 21.5 Å². The molecule has 1 aromatic carbocycles. The van der Waals surface area contributed by atoms with E-state index in [0.717, 1.165) is 45.2 Å². The number of benzene rings is 1. The van der Waals surface area contributed by atoms with E-state index in [1.807, 2.05) is 70.7 Å². The molecule has 0 aliphatic heterocycles. The zero-order valence-corrected chi connectivity index (χ0v) is 20.4. The van der Waals surface area contributed by atoms with Crippen LogP contribution in [0.3, 0.4) is 0 Å². The molecule has 1 amide bonds. The number of nitrogens with zero attached hydrogens (tertiary/aromatic N) is 5. The van der Waals surface area contributed by atoms with Gasteiger partial charge >= 0.3 is 0 Å². The second-order valence-corrected chi connectivity index (χ2v) is 10.00. The first-order valence-corrected chi connectivity index (χ1v) is 13.0. The van der Waals surface area contributed by atoms with E-state index in [-0.39, 0.29) is 11.9 Å². The van der Waals surface area contributed by atoms with Crippen molar-refractivity contribution >= 4 is 56.5 Å². The molecule has 10 heteroatoms. The lowest BCUT2D eigenvalue weighted by atomic mass is 10.2. The van der Waals surface area contributed by atoms with Crippen LogP contribution in [0.5, 0.6) is 0 Å². The van der Waals surface area contributed by atoms with Crippen LogP contribution in [0.4, 0.5) is 0 Å². The molecule has 1 N–H and O–H groups in total. The Labute approximate surface area is 203 Å². The average Bonchev–Trinajstić information content (AvgIpc) is 3.52. The highest BCUT2D eigenvalue weighted by atomic mass is 35.5. The van der Waals surface area contributed by atoms with Gasteiger partial charge in [0.25, 0.3) is 5.91 Å². The quantitative estimate of drug-likeness (QED) is 0.330. The fourth-order valence-corrected chi connectivity index (χ4v) is 5.54. The van der Waals surface area contributed by atoms with E-state index < -0.39 is 0 Å². The van der Waals surface area contributed by atoms with Gasteiger partial charge in [-0.1, -0.05) is 29.8 Å². The summed E-state index contributed by atoms with van der Waals surface area (Å²) in [5.41, 5.74) is 2.40. The first-order valence-electron chi connectivity index (χ1n) is 10.4. The molecule has 5 aromatic rings. The average molecular weight is 497 g/mol. The lowest BCUT2D eigenvalue weighted by Gasteiger charge is -2.16. The molecule has 5 rings (SSSR count). The van der Waals surface area contributed by atoms with Crippen molar-refractivity contribution in [3.8, 4) is 5.69 Å². The van der Waals surface area contributed by atoms with Crippen LogP contribution in [0.15, 0.2) is 54.7 Å². The summed E-state index contributed by atoms with van der Waals surface area (Å²) < 4.78 is 3.74. The van der Waals surface area contributed by atoms with E-state index in [4.69, 9.17) is 11.6 Å². The molecule has 1 atom stereocenters. The number of fused-ring (bicyclic) bond motifs is 2. The third-order valence-corrected chi connectivity index (χ3v) is 7.49. The number of thioether (sulfide) groups is 1. The van der Waals surface area contributed by atoms with Crippen LogP contribution in [0.1, 0.15) is 33.7 Å². The van der Waals surface area contributed by atoms with E-state index in [2.05, 4.69) is 26.9 Å². The van der Waals surface area contributed by atoms with Gasteiger partial charge in [0.2, 0.25) is 0 Å². The number of hydrogen-bond acceptors (Lipinski definition) is 6. The largest absolute Gasteiger partial charge is 0.341 e. The summed E-state index contributed by atoms with van der Waals surface area (Å²) >= 11 is 9.55. The van der Waals surface area contributed by atoms with E-state index in [1.54, 1.807) is 11.8 Å². The number of halogens is 1. The SMILES string of the molecule is CSCC[C@@H](NC(=O)c1cc2c(C)nn(-c3ccccc3Cl)c2s1)c1nnc2ccccn12. The number of nitrogens with one attached hydrogen (secondary N) is 1. The number of rotatable bonds is 7. The zero-order valence-electron chi connectivity index (χ0n) is 18.0. The molecule has 0 fully saturated rings. The summed E-state index contributed by atoms with van der Waals surface area (Å²) in [4.78, 5) is 14.8. The molecule has 4 aromatic heterocycles. The van der Waals surface area contributed by atoms with E-state index in [0.29, 0.717) is 9.90 Å². The van der Waals surface area contributed by atoms with Crippen LogP contribution >= 0.6 is 34.7 Å². The van der Waals surface area contributed by atoms with Gasteiger partial charge in [0.1, 0.15) is 4.83 Å². The Morgan fingerprint density at radius 2 is 2.03 bits per heavy atom. The number of para-hydroxylation sites is 1. The predicted molar refractivity (Wildman–Crippen MR) is 135 cm³/mol. The number of thiophene rings is 1. The number of carbonyl (C=O) groups excluding carboxylic acids is 1. The molecule has 0 radical (unpaired) electrons. The second kappa shape index (κ2) is 9.17. The summed E-state index contributed by atoms with van der Waals surface area (Å²) in [7, 11) is 0. The normalized spacial score (nSPS) is 12.5. The van der Waals surface area contributed by atoms with Crippen molar-refractivity contribution < 1.29 is 4.79 Å². The molecule has 7 nitrogen and oxygen atoms in total. The van der Waals surface area contributed by atoms with Crippen LogP contribution < -0.4 is 5.32 Å². The lowest BCUT2D eigenvalue weighted by Crippen LogP contribution is -2.30. The van der Waals surface area contributed by atoms with Gasteiger partial charge in [-0.2, -0.15) is 16.9 Å². The molecular formula is C23H21ClN6OS2. The number of pyridine rings is 1. The van der Waals surface area contributed by atoms with Gasteiger partial charge in [0, 0.05) is 11.6 Å². The molecule has 0 aliphatic carbocycles. The maximum Gasteiger partial charge on any atom is 0.262 e. The fourth-order valence-electron chi connectivity index (χ4n) is 3.77. The highest BCUT2D eigenvalue weighted by Crippen LogP contribution is 2.33. The van der Waals surface area contributed by atoms with Crippen LogP contribution in [0, 0.1) is 6.92 Å². The van der Waals surface area contributed by atoms with E-state index in [9.17, 15) is 4.79 Å². The van der Waals surface area contributed by atoms with Gasteiger partial charge in [0.05, 0.1) is 27.3 Å². The molecule has 0 saturated heterocycles. The molecule has 0 bridgehead atoms. The van der Waals surface area contributed by atoms with Crippen molar-refractivity contribution in [2.75, 3.05) is 12.0 Å². The third-order valence-electron chi connectivity index (χ3n) is 5.42. The summed E-state index contributed by atoms with van der Waals surface area (Å²) in [6, 6.07) is 15.0. The van der Waals surface area contributed by atoms with Crippen molar-refractivity contribution in [1.82, 2.24) is 29.7 Å². The lowest BCUT2D eigenvalue weighted by molar-refractivity contribution is 0.0938. The van der Waals surface area contributed by atoms with Crippen molar-refractivity contribution in [2.45, 2.75) is 19.4 Å². The standard InChI is InChI=1S/C23H21ClN6OS2/c1-14-15-13-19(33-23(15)30(28-14)18-8-4-3-7-16(18)24)22(31)25-17(10-12-32-2)21-27-26-20-9-5-6-11-29(20)21/h3-9,11,13,17H,10,12H2,1-2H3,(H,25,31)/t17-/m1/s1. The van der Waals surface area contributed by atoms with Crippen LogP contribution in [0.25, 0.3) is 21.6 Å². The van der Waals surface area contributed by atoms with Gasteiger partial charge in [-0.25, -0.2) is 4.68 Å². The molecule has 33 heavy (non-hydrogen) atoms. The Kier molecular flexibility index (Phi) is 6.09. The number of hydrogen-bond donors (Lipinski definition) is 1. The van der Waals surface area contributed by atoms with Crippen molar-refractivity contribution in [2.24, 2.45) is 0 Å². The summed E-state index contributed by atoms with van der Waals surface area (Å²) in [6.07, 6.45) is 4.72.